The molecule has 156 valence electrons. The number of nitrogens with one attached hydrogen (secondary N) is 2. The minimum absolute atomic E-state index is 0.321. The second-order valence-corrected chi connectivity index (χ2v) is 6.78. The molecule has 0 unspecified atom stereocenters. The quantitative estimate of drug-likeness (QED) is 0.494. The van der Waals surface area contributed by atoms with Gasteiger partial charge in [0.25, 0.3) is 0 Å². The molecule has 2 N–H and O–H groups in total. The number of rotatable bonds is 9. The number of hydrogen-bond acceptors (Lipinski definition) is 6. The molecule has 2 heterocycles. The highest BCUT2D eigenvalue weighted by molar-refractivity contribution is 5.97. The molecule has 0 atom stereocenters. The van der Waals surface area contributed by atoms with Gasteiger partial charge in [0.05, 0.1) is 30.3 Å². The van der Waals surface area contributed by atoms with E-state index in [0.717, 1.165) is 37.4 Å². The number of benzene rings is 1. The van der Waals surface area contributed by atoms with Crippen LogP contribution in [0.15, 0.2) is 41.0 Å². The fourth-order valence-electron chi connectivity index (χ4n) is 3.22. The Hall–Kier alpha value is -3.00. The first-order chi connectivity index (χ1) is 14.2. The van der Waals surface area contributed by atoms with Gasteiger partial charge in [-0.1, -0.05) is 0 Å². The van der Waals surface area contributed by atoms with Crippen molar-refractivity contribution in [1.29, 1.82) is 0 Å². The fourth-order valence-corrected chi connectivity index (χ4v) is 3.22. The van der Waals surface area contributed by atoms with Crippen LogP contribution < -0.4 is 15.5 Å². The number of urea groups is 1. The van der Waals surface area contributed by atoms with Gasteiger partial charge in [-0.3, -0.25) is 0 Å². The SMILES string of the molecule is COC(=O)c1ccc(N2CCCC2)c(NC(=O)NCCCOCc2ccco2)c1. The van der Waals surface area contributed by atoms with Crippen molar-refractivity contribution in [2.75, 3.05) is 43.6 Å². The van der Waals surface area contributed by atoms with Crippen LogP contribution in [0.5, 0.6) is 0 Å². The maximum atomic E-state index is 12.3. The first-order valence-corrected chi connectivity index (χ1v) is 9.79. The molecule has 1 aliphatic heterocycles. The zero-order valence-electron chi connectivity index (χ0n) is 16.6. The molecule has 0 radical (unpaired) electrons. The predicted molar refractivity (Wildman–Crippen MR) is 109 cm³/mol. The summed E-state index contributed by atoms with van der Waals surface area (Å²) in [5, 5.41) is 5.68. The van der Waals surface area contributed by atoms with Crippen molar-refractivity contribution in [2.24, 2.45) is 0 Å². The molecule has 0 spiro atoms. The van der Waals surface area contributed by atoms with Crippen molar-refractivity contribution in [1.82, 2.24) is 5.32 Å². The van der Waals surface area contributed by atoms with Crippen LogP contribution in [-0.2, 0) is 16.1 Å². The second kappa shape index (κ2) is 10.5. The number of methoxy groups -OCH3 is 1. The summed E-state index contributed by atoms with van der Waals surface area (Å²) in [6, 6.07) is 8.58. The predicted octanol–water partition coefficient (Wildman–Crippen LogP) is 3.39. The highest BCUT2D eigenvalue weighted by Gasteiger charge is 2.19. The monoisotopic (exact) mass is 401 g/mol. The standard InChI is InChI=1S/C21H27N3O5/c1-27-20(25)16-7-8-19(24-10-2-3-11-24)18(14-16)23-21(26)22-9-5-12-28-15-17-6-4-13-29-17/h4,6-8,13-14H,2-3,5,9-12,15H2,1H3,(H2,22,23,26). The zero-order chi connectivity index (χ0) is 20.5. The molecule has 1 saturated heterocycles. The summed E-state index contributed by atoms with van der Waals surface area (Å²) in [5.41, 5.74) is 1.91. The minimum atomic E-state index is -0.435. The third-order valence-electron chi connectivity index (χ3n) is 4.69. The average Bonchev–Trinajstić information content (AvgIpc) is 3.44. The Labute approximate surface area is 170 Å². The third kappa shape index (κ3) is 5.99. The van der Waals surface area contributed by atoms with Gasteiger partial charge in [0, 0.05) is 26.2 Å². The number of hydrogen-bond donors (Lipinski definition) is 2. The fraction of sp³-hybridized carbons (Fsp3) is 0.429. The van der Waals surface area contributed by atoms with Crippen molar-refractivity contribution >= 4 is 23.4 Å². The minimum Gasteiger partial charge on any atom is -0.467 e. The van der Waals surface area contributed by atoms with E-state index in [9.17, 15) is 9.59 Å². The van der Waals surface area contributed by atoms with Gasteiger partial charge in [-0.05, 0) is 49.6 Å². The second-order valence-electron chi connectivity index (χ2n) is 6.78. The highest BCUT2D eigenvalue weighted by Crippen LogP contribution is 2.30. The Balaban J connectivity index is 1.50. The van der Waals surface area contributed by atoms with Crippen LogP contribution in [0.4, 0.5) is 16.2 Å². The maximum absolute atomic E-state index is 12.3. The highest BCUT2D eigenvalue weighted by atomic mass is 16.5. The van der Waals surface area contributed by atoms with Crippen LogP contribution in [0.25, 0.3) is 0 Å². The van der Waals surface area contributed by atoms with E-state index >= 15 is 0 Å². The molecule has 0 aliphatic carbocycles. The summed E-state index contributed by atoms with van der Waals surface area (Å²) in [7, 11) is 1.34. The van der Waals surface area contributed by atoms with Crippen molar-refractivity contribution in [2.45, 2.75) is 25.9 Å². The Morgan fingerprint density at radius 2 is 2.03 bits per heavy atom. The molecular weight excluding hydrogens is 374 g/mol. The number of nitrogens with zero attached hydrogens (tertiary/aromatic N) is 1. The number of esters is 1. The van der Waals surface area contributed by atoms with Crippen LogP contribution >= 0.6 is 0 Å². The number of ether oxygens (including phenoxy) is 2. The van der Waals surface area contributed by atoms with Gasteiger partial charge in [0.15, 0.2) is 0 Å². The molecule has 29 heavy (non-hydrogen) atoms. The van der Waals surface area contributed by atoms with E-state index in [1.807, 2.05) is 18.2 Å². The van der Waals surface area contributed by atoms with Crippen LogP contribution in [0, 0.1) is 0 Å². The van der Waals surface area contributed by atoms with Crippen molar-refractivity contribution in [3.05, 3.63) is 47.9 Å². The molecule has 8 heteroatoms. The van der Waals surface area contributed by atoms with E-state index in [4.69, 9.17) is 13.9 Å². The Morgan fingerprint density at radius 1 is 1.21 bits per heavy atom. The topological polar surface area (TPSA) is 93.0 Å². The van der Waals surface area contributed by atoms with E-state index in [1.165, 1.54) is 7.11 Å². The normalized spacial score (nSPS) is 13.3. The molecule has 0 bridgehead atoms. The van der Waals surface area contributed by atoms with Crippen LogP contribution in [0.3, 0.4) is 0 Å². The number of carbonyl (C=O) groups is 2. The lowest BCUT2D eigenvalue weighted by Crippen LogP contribution is -2.31. The first-order valence-electron chi connectivity index (χ1n) is 9.79. The number of furan rings is 1. The summed E-state index contributed by atoms with van der Waals surface area (Å²) in [4.78, 5) is 26.4. The van der Waals surface area contributed by atoms with E-state index in [-0.39, 0.29) is 6.03 Å². The van der Waals surface area contributed by atoms with Crippen LogP contribution in [0.2, 0.25) is 0 Å². The van der Waals surface area contributed by atoms with Gasteiger partial charge in [-0.25, -0.2) is 9.59 Å². The van der Waals surface area contributed by atoms with E-state index in [1.54, 1.807) is 18.4 Å². The maximum Gasteiger partial charge on any atom is 0.337 e. The summed E-state index contributed by atoms with van der Waals surface area (Å²) in [5.74, 6) is 0.339. The summed E-state index contributed by atoms with van der Waals surface area (Å²) in [6.07, 6.45) is 4.51. The molecule has 2 aromatic rings. The Bertz CT molecular complexity index is 801. The van der Waals surface area contributed by atoms with Crippen molar-refractivity contribution in [3.63, 3.8) is 0 Å². The summed E-state index contributed by atoms with van der Waals surface area (Å²) < 4.78 is 15.5. The van der Waals surface area contributed by atoms with Crippen LogP contribution in [0.1, 0.15) is 35.4 Å². The average molecular weight is 401 g/mol. The van der Waals surface area contributed by atoms with Crippen LogP contribution in [-0.4, -0.2) is 45.4 Å². The molecule has 8 nitrogen and oxygen atoms in total. The van der Waals surface area contributed by atoms with Gasteiger partial charge >= 0.3 is 12.0 Å². The van der Waals surface area contributed by atoms with Gasteiger partial charge in [-0.15, -0.1) is 0 Å². The zero-order valence-corrected chi connectivity index (χ0v) is 16.6. The third-order valence-corrected chi connectivity index (χ3v) is 4.69. The van der Waals surface area contributed by atoms with Gasteiger partial charge < -0.3 is 29.4 Å². The number of anilines is 2. The number of carbonyl (C=O) groups excluding carboxylic acids is 2. The Morgan fingerprint density at radius 3 is 2.76 bits per heavy atom. The molecule has 1 fully saturated rings. The lowest BCUT2D eigenvalue weighted by molar-refractivity contribution is 0.0600. The summed E-state index contributed by atoms with van der Waals surface area (Å²) in [6.45, 7) is 3.26. The first kappa shape index (κ1) is 20.7. The molecule has 0 saturated carbocycles. The largest absolute Gasteiger partial charge is 0.467 e. The number of amides is 2. The molecule has 1 aromatic carbocycles. The van der Waals surface area contributed by atoms with E-state index in [0.29, 0.717) is 37.4 Å². The van der Waals surface area contributed by atoms with Crippen molar-refractivity contribution < 1.29 is 23.5 Å². The lowest BCUT2D eigenvalue weighted by atomic mass is 10.1. The van der Waals surface area contributed by atoms with Gasteiger partial charge in [0.2, 0.25) is 0 Å². The van der Waals surface area contributed by atoms with Crippen molar-refractivity contribution in [3.8, 4) is 0 Å². The molecular formula is C21H27N3O5. The summed E-state index contributed by atoms with van der Waals surface area (Å²) >= 11 is 0. The molecule has 1 aliphatic rings. The molecule has 2 amide bonds. The van der Waals surface area contributed by atoms with E-state index in [2.05, 4.69) is 15.5 Å². The van der Waals surface area contributed by atoms with Gasteiger partial charge in [0.1, 0.15) is 12.4 Å². The molecule has 3 rings (SSSR count). The lowest BCUT2D eigenvalue weighted by Gasteiger charge is -2.22. The molecule has 1 aromatic heterocycles. The van der Waals surface area contributed by atoms with Gasteiger partial charge in [-0.2, -0.15) is 0 Å². The van der Waals surface area contributed by atoms with E-state index < -0.39 is 5.97 Å². The smallest absolute Gasteiger partial charge is 0.337 e. The Kier molecular flexibility index (Phi) is 7.52.